The van der Waals surface area contributed by atoms with Gasteiger partial charge in [-0.15, -0.1) is 0 Å². The minimum Gasteiger partial charge on any atom is -0.497 e. The molecule has 0 N–H and O–H groups in total. The Balaban J connectivity index is 1.32. The molecule has 10 nitrogen and oxygen atoms in total. The van der Waals surface area contributed by atoms with Crippen LogP contribution in [0, 0.1) is 0 Å². The molecule has 220 valence electrons. The summed E-state index contributed by atoms with van der Waals surface area (Å²) >= 11 is 0. The maximum Gasteiger partial charge on any atom is 0.254 e. The van der Waals surface area contributed by atoms with Crippen molar-refractivity contribution >= 4 is 22.8 Å². The van der Waals surface area contributed by atoms with Crippen molar-refractivity contribution in [1.29, 1.82) is 0 Å². The molecule has 0 saturated carbocycles. The second-order valence-corrected chi connectivity index (χ2v) is 10.1. The van der Waals surface area contributed by atoms with E-state index in [1.807, 2.05) is 47.4 Å². The van der Waals surface area contributed by atoms with Crippen molar-refractivity contribution < 1.29 is 23.7 Å². The van der Waals surface area contributed by atoms with Gasteiger partial charge in [-0.2, -0.15) is 0 Å². The number of hydrogen-bond acceptors (Lipinski definition) is 8. The zero-order valence-electron chi connectivity index (χ0n) is 24.6. The number of carbonyl (C=O) groups is 1. The Morgan fingerprint density at radius 2 is 1.44 bits per heavy atom. The monoisotopic (exact) mass is 579 g/mol. The summed E-state index contributed by atoms with van der Waals surface area (Å²) in [4.78, 5) is 27.1. The molecule has 1 aliphatic rings. The molecular formula is C33H33N5O5. The first-order valence-corrected chi connectivity index (χ1v) is 14.0. The van der Waals surface area contributed by atoms with E-state index in [-0.39, 0.29) is 5.91 Å². The fourth-order valence-electron chi connectivity index (χ4n) is 5.57. The van der Waals surface area contributed by atoms with Crippen LogP contribution in [0.5, 0.6) is 23.0 Å². The Kier molecular flexibility index (Phi) is 7.74. The highest BCUT2D eigenvalue weighted by Crippen LogP contribution is 2.39. The van der Waals surface area contributed by atoms with E-state index in [1.165, 1.54) is 0 Å². The van der Waals surface area contributed by atoms with Crippen LogP contribution in [0.15, 0.2) is 79.3 Å². The first-order valence-electron chi connectivity index (χ1n) is 14.0. The number of ether oxygens (including phenoxy) is 4. The first kappa shape index (κ1) is 27.9. The highest BCUT2D eigenvalue weighted by molar-refractivity contribution is 6.02. The third-order valence-corrected chi connectivity index (χ3v) is 7.78. The number of hydrogen-bond donors (Lipinski definition) is 0. The number of aromatic nitrogens is 3. The molecule has 1 fully saturated rings. The first-order chi connectivity index (χ1) is 21.1. The van der Waals surface area contributed by atoms with Crippen LogP contribution in [-0.4, -0.2) is 80.0 Å². The molecule has 0 unspecified atom stereocenters. The number of anilines is 1. The smallest absolute Gasteiger partial charge is 0.254 e. The zero-order chi connectivity index (χ0) is 29.9. The number of piperazine rings is 1. The minimum atomic E-state index is -0.0950. The van der Waals surface area contributed by atoms with Crippen molar-refractivity contribution in [3.8, 4) is 39.8 Å². The Bertz CT molecular complexity index is 1720. The van der Waals surface area contributed by atoms with E-state index in [0.717, 1.165) is 39.4 Å². The lowest BCUT2D eigenvalue weighted by Crippen LogP contribution is -2.49. The Morgan fingerprint density at radius 1 is 0.767 bits per heavy atom. The van der Waals surface area contributed by atoms with Gasteiger partial charge >= 0.3 is 0 Å². The Labute approximate surface area is 250 Å². The lowest BCUT2D eigenvalue weighted by molar-refractivity contribution is 0.0745. The molecule has 0 spiro atoms. The molecule has 5 aromatic rings. The molecular weight excluding hydrogens is 546 g/mol. The summed E-state index contributed by atoms with van der Waals surface area (Å²) in [5.74, 6) is 2.88. The summed E-state index contributed by atoms with van der Waals surface area (Å²) < 4.78 is 23.8. The fraction of sp³-hybridized carbons (Fsp3) is 0.242. The van der Waals surface area contributed by atoms with Gasteiger partial charge in [0.1, 0.15) is 17.9 Å². The molecule has 0 atom stereocenters. The number of carbonyl (C=O) groups excluding carboxylic acids is 1. The van der Waals surface area contributed by atoms with Crippen molar-refractivity contribution in [1.82, 2.24) is 19.4 Å². The highest BCUT2D eigenvalue weighted by Gasteiger charge is 2.28. The van der Waals surface area contributed by atoms with Crippen LogP contribution in [0.3, 0.4) is 0 Å². The van der Waals surface area contributed by atoms with Crippen molar-refractivity contribution in [3.63, 3.8) is 0 Å². The number of nitrogens with zero attached hydrogens (tertiary/aromatic N) is 5. The summed E-state index contributed by atoms with van der Waals surface area (Å²) in [5, 5.41) is 0.967. The van der Waals surface area contributed by atoms with E-state index in [9.17, 15) is 4.79 Å². The second-order valence-electron chi connectivity index (χ2n) is 10.1. The average molecular weight is 580 g/mol. The van der Waals surface area contributed by atoms with Crippen LogP contribution >= 0.6 is 0 Å². The van der Waals surface area contributed by atoms with Crippen LogP contribution in [0.25, 0.3) is 27.8 Å². The van der Waals surface area contributed by atoms with E-state index in [0.29, 0.717) is 49.0 Å². The number of benzene rings is 3. The van der Waals surface area contributed by atoms with Crippen LogP contribution in [-0.2, 0) is 0 Å². The van der Waals surface area contributed by atoms with Gasteiger partial charge in [0.2, 0.25) is 5.75 Å². The number of methoxy groups -OCH3 is 4. The van der Waals surface area contributed by atoms with E-state index in [2.05, 4.69) is 27.8 Å². The standard InChI is InChI=1S/C33H33N5O5/c1-40-25-12-10-24(11-13-25)38-20-26(22-8-6-5-7-9-22)29-31(34-21-35-32(29)38)36-14-16-37(17-15-36)33(39)23-18-27(41-2)30(43-4)28(19-23)42-3/h5-13,18-21H,14-17H2,1-4H3. The molecule has 2 aromatic heterocycles. The molecule has 3 heterocycles. The van der Waals surface area contributed by atoms with Crippen LogP contribution in [0.4, 0.5) is 5.82 Å². The maximum absolute atomic E-state index is 13.6. The maximum atomic E-state index is 13.6. The van der Waals surface area contributed by atoms with Gasteiger partial charge in [0.15, 0.2) is 17.1 Å². The molecule has 6 rings (SSSR count). The van der Waals surface area contributed by atoms with Gasteiger partial charge < -0.3 is 33.3 Å². The number of amides is 1. The largest absolute Gasteiger partial charge is 0.497 e. The van der Waals surface area contributed by atoms with E-state index >= 15 is 0 Å². The van der Waals surface area contributed by atoms with Crippen molar-refractivity contribution in [2.24, 2.45) is 0 Å². The van der Waals surface area contributed by atoms with Crippen molar-refractivity contribution in [2.75, 3.05) is 59.5 Å². The Morgan fingerprint density at radius 3 is 2.05 bits per heavy atom. The van der Waals surface area contributed by atoms with Gasteiger partial charge in [0.05, 0.1) is 33.8 Å². The van der Waals surface area contributed by atoms with E-state index in [1.54, 1.807) is 46.9 Å². The fourth-order valence-corrected chi connectivity index (χ4v) is 5.57. The summed E-state index contributed by atoms with van der Waals surface area (Å²) in [7, 11) is 6.28. The van der Waals surface area contributed by atoms with Gasteiger partial charge in [-0.05, 0) is 42.0 Å². The van der Waals surface area contributed by atoms with Crippen molar-refractivity contribution in [2.45, 2.75) is 0 Å². The predicted octanol–water partition coefficient (Wildman–Crippen LogP) is 5.08. The number of rotatable bonds is 8. The summed E-state index contributed by atoms with van der Waals surface area (Å²) in [6, 6.07) is 21.6. The highest BCUT2D eigenvalue weighted by atomic mass is 16.5. The van der Waals surface area contributed by atoms with Gasteiger partial charge in [-0.25, -0.2) is 9.97 Å². The van der Waals surface area contributed by atoms with Crippen LogP contribution < -0.4 is 23.8 Å². The number of fused-ring (bicyclic) bond motifs is 1. The third kappa shape index (κ3) is 5.16. The van der Waals surface area contributed by atoms with Gasteiger partial charge in [-0.1, -0.05) is 30.3 Å². The third-order valence-electron chi connectivity index (χ3n) is 7.78. The molecule has 43 heavy (non-hydrogen) atoms. The normalized spacial score (nSPS) is 13.2. The summed E-state index contributed by atoms with van der Waals surface area (Å²) in [6.07, 6.45) is 3.73. The Hall–Kier alpha value is -5.25. The molecule has 1 amide bonds. The minimum absolute atomic E-state index is 0.0950. The lowest BCUT2D eigenvalue weighted by atomic mass is 10.1. The predicted molar refractivity (Wildman–Crippen MR) is 165 cm³/mol. The van der Waals surface area contributed by atoms with Crippen LogP contribution in [0.1, 0.15) is 10.4 Å². The molecule has 0 radical (unpaired) electrons. The van der Waals surface area contributed by atoms with Gasteiger partial charge in [0, 0.05) is 49.2 Å². The molecule has 1 saturated heterocycles. The molecule has 1 aliphatic heterocycles. The average Bonchev–Trinajstić information content (AvgIpc) is 3.47. The van der Waals surface area contributed by atoms with E-state index in [4.69, 9.17) is 28.9 Å². The second kappa shape index (κ2) is 11.9. The van der Waals surface area contributed by atoms with E-state index < -0.39 is 0 Å². The van der Waals surface area contributed by atoms with Gasteiger partial charge in [-0.3, -0.25) is 4.79 Å². The molecule has 3 aromatic carbocycles. The lowest BCUT2D eigenvalue weighted by Gasteiger charge is -2.36. The quantitative estimate of drug-likeness (QED) is 0.251. The van der Waals surface area contributed by atoms with Crippen molar-refractivity contribution in [3.05, 3.63) is 84.8 Å². The molecule has 10 heteroatoms. The van der Waals surface area contributed by atoms with Gasteiger partial charge in [0.25, 0.3) is 5.91 Å². The summed E-state index contributed by atoms with van der Waals surface area (Å²) in [6.45, 7) is 2.29. The molecule has 0 aliphatic carbocycles. The van der Waals surface area contributed by atoms with Crippen LogP contribution in [0.2, 0.25) is 0 Å². The summed E-state index contributed by atoms with van der Waals surface area (Å²) in [5.41, 5.74) is 4.38. The molecule has 0 bridgehead atoms. The zero-order valence-corrected chi connectivity index (χ0v) is 24.6. The topological polar surface area (TPSA) is 91.2 Å². The SMILES string of the molecule is COc1ccc(-n2cc(-c3ccccc3)c3c(N4CCN(C(=O)c5cc(OC)c(OC)c(OC)c5)CC4)ncnc32)cc1.